The molecule has 2 aliphatic heterocycles. The highest BCUT2D eigenvalue weighted by molar-refractivity contribution is 6.01. The van der Waals surface area contributed by atoms with Crippen LogP contribution in [-0.4, -0.2) is 49.0 Å². The van der Waals surface area contributed by atoms with E-state index >= 15 is 0 Å². The normalized spacial score (nSPS) is 21.8. The quantitative estimate of drug-likeness (QED) is 0.685. The molecule has 0 radical (unpaired) electrons. The summed E-state index contributed by atoms with van der Waals surface area (Å²) in [5.74, 6) is 0.480. The number of imide groups is 1. The number of piperazine rings is 1. The van der Waals surface area contributed by atoms with Crippen molar-refractivity contribution in [3.05, 3.63) is 18.3 Å². The maximum Gasteiger partial charge on any atom is 0.249 e. The van der Waals surface area contributed by atoms with Gasteiger partial charge < -0.3 is 15.5 Å². The number of pyridine rings is 1. The second-order valence-corrected chi connectivity index (χ2v) is 5.29. The van der Waals surface area contributed by atoms with Crippen molar-refractivity contribution < 1.29 is 9.59 Å². The number of carbonyl (C=O) groups excluding carboxylic acids is 2. The van der Waals surface area contributed by atoms with E-state index in [0.29, 0.717) is 12.8 Å². The van der Waals surface area contributed by atoms with E-state index in [-0.39, 0.29) is 30.3 Å². The fraction of sp³-hybridized carbons (Fsp3) is 0.500. The highest BCUT2D eigenvalue weighted by Gasteiger charge is 2.26. The lowest BCUT2D eigenvalue weighted by molar-refractivity contribution is -0.133. The minimum Gasteiger partial charge on any atom is -0.372 e. The van der Waals surface area contributed by atoms with Gasteiger partial charge in [0.2, 0.25) is 11.8 Å². The zero-order valence-electron chi connectivity index (χ0n) is 12.2. The molecule has 2 saturated heterocycles. The number of piperidine rings is 1. The van der Waals surface area contributed by atoms with Gasteiger partial charge >= 0.3 is 0 Å². The summed E-state index contributed by atoms with van der Waals surface area (Å²) in [4.78, 5) is 29.5. The third-order valence-corrected chi connectivity index (χ3v) is 3.77. The molecular weight excluding hydrogens is 306 g/mol. The molecule has 2 aliphatic rings. The Morgan fingerprint density at radius 2 is 2.00 bits per heavy atom. The van der Waals surface area contributed by atoms with Gasteiger partial charge in [0.15, 0.2) is 0 Å². The average Bonchev–Trinajstić information content (AvgIpc) is 2.52. The predicted octanol–water partition coefficient (Wildman–Crippen LogP) is 0.130. The van der Waals surface area contributed by atoms with Crippen molar-refractivity contribution in [3.8, 4) is 0 Å². The number of nitrogens with one attached hydrogen (secondary N) is 3. The summed E-state index contributed by atoms with van der Waals surface area (Å²) >= 11 is 0. The lowest BCUT2D eigenvalue weighted by atomic mass is 10.1. The maximum atomic E-state index is 11.7. The van der Waals surface area contributed by atoms with Crippen molar-refractivity contribution in [2.75, 3.05) is 36.4 Å². The Morgan fingerprint density at radius 1 is 1.23 bits per heavy atom. The van der Waals surface area contributed by atoms with Crippen LogP contribution in [0.2, 0.25) is 0 Å². The summed E-state index contributed by atoms with van der Waals surface area (Å²) in [6, 6.07) is 3.52. The van der Waals surface area contributed by atoms with Crippen molar-refractivity contribution >= 4 is 35.7 Å². The van der Waals surface area contributed by atoms with Crippen LogP contribution in [-0.2, 0) is 9.59 Å². The minimum atomic E-state index is -0.366. The van der Waals surface area contributed by atoms with Crippen LogP contribution in [0.25, 0.3) is 0 Å². The average molecular weight is 326 g/mol. The number of halogens is 1. The van der Waals surface area contributed by atoms with E-state index in [9.17, 15) is 9.59 Å². The number of carbonyl (C=O) groups is 2. The van der Waals surface area contributed by atoms with E-state index in [4.69, 9.17) is 0 Å². The molecular formula is C14H20ClN5O2. The molecule has 3 heterocycles. The van der Waals surface area contributed by atoms with Crippen molar-refractivity contribution in [1.29, 1.82) is 0 Å². The highest BCUT2D eigenvalue weighted by Crippen LogP contribution is 2.17. The van der Waals surface area contributed by atoms with Gasteiger partial charge in [-0.15, -0.1) is 12.4 Å². The van der Waals surface area contributed by atoms with Crippen molar-refractivity contribution in [1.82, 2.24) is 15.6 Å². The molecule has 0 spiro atoms. The Kier molecular flexibility index (Phi) is 5.57. The molecule has 0 saturated carbocycles. The number of hydrogen-bond donors (Lipinski definition) is 3. The van der Waals surface area contributed by atoms with E-state index in [2.05, 4.69) is 25.8 Å². The first kappa shape index (κ1) is 16.5. The van der Waals surface area contributed by atoms with Gasteiger partial charge in [-0.1, -0.05) is 0 Å². The van der Waals surface area contributed by atoms with Crippen LogP contribution in [0.3, 0.4) is 0 Å². The zero-order chi connectivity index (χ0) is 14.7. The third-order valence-electron chi connectivity index (χ3n) is 3.77. The summed E-state index contributed by atoms with van der Waals surface area (Å²) in [5, 5.41) is 8.77. The van der Waals surface area contributed by atoms with Gasteiger partial charge in [-0.25, -0.2) is 4.98 Å². The number of rotatable bonds is 3. The van der Waals surface area contributed by atoms with Gasteiger partial charge in [0, 0.05) is 32.6 Å². The van der Waals surface area contributed by atoms with Gasteiger partial charge in [0.25, 0.3) is 0 Å². The van der Waals surface area contributed by atoms with Crippen LogP contribution in [0, 0.1) is 0 Å². The van der Waals surface area contributed by atoms with E-state index in [0.717, 1.165) is 37.7 Å². The van der Waals surface area contributed by atoms with Gasteiger partial charge in [-0.05, 0) is 18.6 Å². The number of anilines is 2. The maximum absolute atomic E-state index is 11.7. The lowest BCUT2D eigenvalue weighted by Crippen LogP contribution is -2.47. The number of hydrogen-bond acceptors (Lipinski definition) is 6. The van der Waals surface area contributed by atoms with Crippen LogP contribution in [0.15, 0.2) is 18.3 Å². The summed E-state index contributed by atoms with van der Waals surface area (Å²) in [6.07, 6.45) is 2.63. The number of aromatic nitrogens is 1. The first-order valence-corrected chi connectivity index (χ1v) is 7.24. The highest BCUT2D eigenvalue weighted by atomic mass is 35.5. The monoisotopic (exact) mass is 325 g/mol. The smallest absolute Gasteiger partial charge is 0.249 e. The van der Waals surface area contributed by atoms with E-state index in [1.807, 2.05) is 12.1 Å². The number of nitrogens with zero attached hydrogens (tertiary/aromatic N) is 2. The molecule has 22 heavy (non-hydrogen) atoms. The molecule has 3 N–H and O–H groups in total. The molecule has 8 heteroatoms. The van der Waals surface area contributed by atoms with Crippen LogP contribution < -0.4 is 20.9 Å². The van der Waals surface area contributed by atoms with Gasteiger partial charge in [-0.3, -0.25) is 14.9 Å². The molecule has 0 aromatic carbocycles. The van der Waals surface area contributed by atoms with Crippen LogP contribution >= 0.6 is 12.4 Å². The van der Waals surface area contributed by atoms with Crippen LogP contribution in [0.1, 0.15) is 12.8 Å². The Morgan fingerprint density at radius 3 is 2.64 bits per heavy atom. The largest absolute Gasteiger partial charge is 0.372 e. The van der Waals surface area contributed by atoms with Gasteiger partial charge in [0.05, 0.1) is 11.9 Å². The van der Waals surface area contributed by atoms with Crippen LogP contribution in [0.4, 0.5) is 11.5 Å². The molecule has 1 aromatic heterocycles. The van der Waals surface area contributed by atoms with Crippen molar-refractivity contribution in [2.45, 2.75) is 18.9 Å². The summed E-state index contributed by atoms with van der Waals surface area (Å²) in [5.41, 5.74) is 0.795. The van der Waals surface area contributed by atoms with E-state index in [1.165, 1.54) is 0 Å². The molecule has 1 unspecified atom stereocenters. The molecule has 7 nitrogen and oxygen atoms in total. The molecule has 3 rings (SSSR count). The first-order valence-electron chi connectivity index (χ1n) is 7.24. The summed E-state index contributed by atoms with van der Waals surface area (Å²) in [6.45, 7) is 3.84. The number of amides is 2. The molecule has 1 aromatic rings. The van der Waals surface area contributed by atoms with Crippen molar-refractivity contribution in [2.24, 2.45) is 0 Å². The Bertz CT molecular complexity index is 531. The Balaban J connectivity index is 0.00000176. The fourth-order valence-electron chi connectivity index (χ4n) is 2.58. The van der Waals surface area contributed by atoms with E-state index < -0.39 is 0 Å². The third kappa shape index (κ3) is 3.86. The molecule has 2 fully saturated rings. The second kappa shape index (κ2) is 7.42. The Labute approximate surface area is 135 Å². The van der Waals surface area contributed by atoms with Crippen LogP contribution in [0.5, 0.6) is 0 Å². The first-order chi connectivity index (χ1) is 10.2. The standard InChI is InChI=1S/C14H19N5O2.ClH/c20-13-4-2-11(14(21)18-13)17-10-1-3-12(16-9-10)19-7-5-15-6-8-19;/h1,3,9,11,15,17H,2,4-8H2,(H,18,20,21);1H. The van der Waals surface area contributed by atoms with Gasteiger partial charge in [0.1, 0.15) is 11.9 Å². The predicted molar refractivity (Wildman–Crippen MR) is 86.4 cm³/mol. The topological polar surface area (TPSA) is 86.4 Å². The zero-order valence-corrected chi connectivity index (χ0v) is 13.0. The summed E-state index contributed by atoms with van der Waals surface area (Å²) < 4.78 is 0. The van der Waals surface area contributed by atoms with E-state index in [1.54, 1.807) is 6.20 Å². The molecule has 1 atom stereocenters. The minimum absolute atomic E-state index is 0. The fourth-order valence-corrected chi connectivity index (χ4v) is 2.58. The SMILES string of the molecule is Cl.O=C1CCC(Nc2ccc(N3CCNCC3)nc2)C(=O)N1. The summed E-state index contributed by atoms with van der Waals surface area (Å²) in [7, 11) is 0. The Hall–Kier alpha value is -1.86. The van der Waals surface area contributed by atoms with Gasteiger partial charge in [-0.2, -0.15) is 0 Å². The molecule has 0 bridgehead atoms. The lowest BCUT2D eigenvalue weighted by Gasteiger charge is -2.28. The molecule has 0 aliphatic carbocycles. The van der Waals surface area contributed by atoms with Crippen molar-refractivity contribution in [3.63, 3.8) is 0 Å². The second-order valence-electron chi connectivity index (χ2n) is 5.29. The molecule has 2 amide bonds. The molecule has 120 valence electrons.